The second-order valence-electron chi connectivity index (χ2n) is 4.68. The van der Waals surface area contributed by atoms with Crippen LogP contribution >= 0.6 is 11.6 Å². The minimum absolute atomic E-state index is 0.192. The predicted octanol–water partition coefficient (Wildman–Crippen LogP) is 2.46. The first-order valence-corrected chi connectivity index (χ1v) is 6.85. The zero-order valence-electron chi connectivity index (χ0n) is 10.5. The van der Waals surface area contributed by atoms with Crippen molar-refractivity contribution >= 4 is 17.5 Å². The van der Waals surface area contributed by atoms with Gasteiger partial charge in [0.2, 0.25) is 17.2 Å². The lowest BCUT2D eigenvalue weighted by molar-refractivity contribution is 0.460. The van der Waals surface area contributed by atoms with Crippen LogP contribution in [-0.4, -0.2) is 30.5 Å². The number of anilines is 1. The average Bonchev–Trinajstić information content (AvgIpc) is 2.93. The molecular weight excluding hydrogens is 264 g/mol. The number of rotatable bonds is 3. The van der Waals surface area contributed by atoms with E-state index in [1.807, 2.05) is 0 Å². The largest absolute Gasteiger partial charge is 0.351 e. The topological polar surface area (TPSA) is 68.5 Å². The van der Waals surface area contributed by atoms with Crippen LogP contribution in [-0.2, 0) is 0 Å². The number of hydrogen-bond donors (Lipinski definition) is 1. The van der Waals surface area contributed by atoms with Crippen LogP contribution in [0.4, 0.5) is 5.95 Å². The van der Waals surface area contributed by atoms with Crippen molar-refractivity contribution in [3.8, 4) is 5.95 Å². The monoisotopic (exact) mass is 278 g/mol. The smallest absolute Gasteiger partial charge is 0.241 e. The van der Waals surface area contributed by atoms with Gasteiger partial charge in [-0.05, 0) is 24.4 Å². The first-order valence-electron chi connectivity index (χ1n) is 6.48. The van der Waals surface area contributed by atoms with E-state index in [1.165, 1.54) is 19.3 Å². The second kappa shape index (κ2) is 5.52. The van der Waals surface area contributed by atoms with Crippen molar-refractivity contribution in [2.75, 3.05) is 5.32 Å². The molecule has 19 heavy (non-hydrogen) atoms. The van der Waals surface area contributed by atoms with Gasteiger partial charge < -0.3 is 5.32 Å². The summed E-state index contributed by atoms with van der Waals surface area (Å²) >= 11 is 5.95. The molecule has 1 saturated carbocycles. The molecular formula is C12H15ClN6. The van der Waals surface area contributed by atoms with E-state index < -0.39 is 0 Å². The highest BCUT2D eigenvalue weighted by Crippen LogP contribution is 2.20. The lowest BCUT2D eigenvalue weighted by Gasteiger charge is -2.22. The van der Waals surface area contributed by atoms with Crippen molar-refractivity contribution in [2.24, 2.45) is 0 Å². The van der Waals surface area contributed by atoms with Gasteiger partial charge in [0, 0.05) is 18.4 Å². The van der Waals surface area contributed by atoms with Crippen molar-refractivity contribution in [1.82, 2.24) is 24.5 Å². The van der Waals surface area contributed by atoms with E-state index in [-0.39, 0.29) is 5.28 Å². The van der Waals surface area contributed by atoms with E-state index >= 15 is 0 Å². The highest BCUT2D eigenvalue weighted by molar-refractivity contribution is 6.28. The van der Waals surface area contributed by atoms with Gasteiger partial charge in [-0.25, -0.2) is 4.98 Å². The predicted molar refractivity (Wildman–Crippen MR) is 72.5 cm³/mol. The fourth-order valence-electron chi connectivity index (χ4n) is 2.33. The molecule has 0 atom stereocenters. The summed E-state index contributed by atoms with van der Waals surface area (Å²) in [6, 6.07) is 0.433. The molecule has 1 aliphatic carbocycles. The van der Waals surface area contributed by atoms with Crippen molar-refractivity contribution < 1.29 is 0 Å². The van der Waals surface area contributed by atoms with Gasteiger partial charge in [0.15, 0.2) is 0 Å². The normalized spacial score (nSPS) is 16.5. The second-order valence-corrected chi connectivity index (χ2v) is 5.02. The maximum absolute atomic E-state index is 5.95. The number of halogens is 1. The molecule has 1 fully saturated rings. The highest BCUT2D eigenvalue weighted by atomic mass is 35.5. The van der Waals surface area contributed by atoms with E-state index in [0.29, 0.717) is 17.9 Å². The number of nitrogens with zero attached hydrogens (tertiary/aromatic N) is 5. The Labute approximate surface area is 116 Å². The maximum Gasteiger partial charge on any atom is 0.241 e. The lowest BCUT2D eigenvalue weighted by atomic mass is 9.96. The quantitative estimate of drug-likeness (QED) is 0.934. The van der Waals surface area contributed by atoms with Gasteiger partial charge in [0.05, 0.1) is 0 Å². The van der Waals surface area contributed by atoms with Crippen molar-refractivity contribution in [3.63, 3.8) is 0 Å². The van der Waals surface area contributed by atoms with Gasteiger partial charge in [0.25, 0.3) is 0 Å². The lowest BCUT2D eigenvalue weighted by Crippen LogP contribution is -2.24. The number of nitrogens with one attached hydrogen (secondary N) is 1. The minimum atomic E-state index is 0.192. The number of aromatic nitrogens is 5. The molecule has 1 N–H and O–H groups in total. The van der Waals surface area contributed by atoms with Crippen LogP contribution < -0.4 is 5.32 Å². The summed E-state index contributed by atoms with van der Waals surface area (Å²) in [4.78, 5) is 16.6. The van der Waals surface area contributed by atoms with Crippen LogP contribution in [0.1, 0.15) is 32.1 Å². The van der Waals surface area contributed by atoms with Gasteiger partial charge in [-0.15, -0.1) is 0 Å². The molecule has 0 radical (unpaired) electrons. The molecule has 3 rings (SSSR count). The third-order valence-electron chi connectivity index (χ3n) is 3.27. The van der Waals surface area contributed by atoms with Crippen LogP contribution in [0.5, 0.6) is 0 Å². The third-order valence-corrected chi connectivity index (χ3v) is 3.44. The molecule has 0 aromatic carbocycles. The molecule has 0 amide bonds. The molecule has 0 unspecified atom stereocenters. The van der Waals surface area contributed by atoms with Crippen molar-refractivity contribution in [1.29, 1.82) is 0 Å². The number of imidazole rings is 1. The van der Waals surface area contributed by atoms with Gasteiger partial charge in [-0.1, -0.05) is 19.3 Å². The van der Waals surface area contributed by atoms with E-state index in [9.17, 15) is 0 Å². The van der Waals surface area contributed by atoms with Gasteiger partial charge in [-0.3, -0.25) is 4.57 Å². The summed E-state index contributed by atoms with van der Waals surface area (Å²) in [7, 11) is 0. The first-order chi connectivity index (χ1) is 9.31. The summed E-state index contributed by atoms with van der Waals surface area (Å²) in [5.41, 5.74) is 0. The maximum atomic E-state index is 5.95. The Kier molecular flexibility index (Phi) is 3.59. The molecule has 100 valence electrons. The average molecular weight is 279 g/mol. The third kappa shape index (κ3) is 3.01. The molecule has 1 aliphatic rings. The Bertz CT molecular complexity index is 535. The Balaban J connectivity index is 1.81. The summed E-state index contributed by atoms with van der Waals surface area (Å²) in [6.07, 6.45) is 11.2. The molecule has 2 heterocycles. The Hall–Kier alpha value is -1.69. The standard InChI is InChI=1S/C12H15ClN6/c13-10-16-11(15-9-4-2-1-3-5-9)18-12(17-10)19-7-6-14-8-19/h6-9H,1-5H2,(H,15,16,17,18). The van der Waals surface area contributed by atoms with Crippen LogP contribution in [0.25, 0.3) is 5.95 Å². The SMILES string of the molecule is Clc1nc(NC2CCCCC2)nc(-n2ccnc2)n1. The molecule has 0 saturated heterocycles. The van der Waals surface area contributed by atoms with E-state index in [0.717, 1.165) is 12.8 Å². The zero-order chi connectivity index (χ0) is 13.1. The molecule has 0 spiro atoms. The van der Waals surface area contributed by atoms with Crippen molar-refractivity contribution in [2.45, 2.75) is 38.1 Å². The zero-order valence-corrected chi connectivity index (χ0v) is 11.2. The molecule has 2 aromatic rings. The first kappa shape index (κ1) is 12.3. The minimum Gasteiger partial charge on any atom is -0.351 e. The van der Waals surface area contributed by atoms with E-state index in [4.69, 9.17) is 11.6 Å². The molecule has 7 heteroatoms. The van der Waals surface area contributed by atoms with Crippen LogP contribution in [0.2, 0.25) is 5.28 Å². The van der Waals surface area contributed by atoms with Crippen LogP contribution in [0.15, 0.2) is 18.7 Å². The van der Waals surface area contributed by atoms with Crippen LogP contribution in [0, 0.1) is 0 Å². The summed E-state index contributed by atoms with van der Waals surface area (Å²) < 4.78 is 1.71. The van der Waals surface area contributed by atoms with Crippen molar-refractivity contribution in [3.05, 3.63) is 24.0 Å². The van der Waals surface area contributed by atoms with Gasteiger partial charge in [0.1, 0.15) is 6.33 Å². The summed E-state index contributed by atoms with van der Waals surface area (Å²) in [5.74, 6) is 1.02. The number of hydrogen-bond acceptors (Lipinski definition) is 5. The molecule has 0 aliphatic heterocycles. The summed E-state index contributed by atoms with van der Waals surface area (Å²) in [6.45, 7) is 0. The summed E-state index contributed by atoms with van der Waals surface area (Å²) in [5, 5.41) is 3.54. The van der Waals surface area contributed by atoms with Crippen LogP contribution in [0.3, 0.4) is 0 Å². The van der Waals surface area contributed by atoms with E-state index in [1.54, 1.807) is 23.3 Å². The van der Waals surface area contributed by atoms with E-state index in [2.05, 4.69) is 25.3 Å². The highest BCUT2D eigenvalue weighted by Gasteiger charge is 2.15. The molecule has 0 bridgehead atoms. The fourth-order valence-corrected chi connectivity index (χ4v) is 2.48. The molecule has 2 aromatic heterocycles. The molecule has 6 nitrogen and oxygen atoms in total. The Morgan fingerprint density at radius 3 is 2.74 bits per heavy atom. The van der Waals surface area contributed by atoms with Gasteiger partial charge >= 0.3 is 0 Å². The fraction of sp³-hybridized carbons (Fsp3) is 0.500. The Morgan fingerprint density at radius 2 is 2.00 bits per heavy atom. The van der Waals surface area contributed by atoms with Gasteiger partial charge in [-0.2, -0.15) is 15.0 Å². The Morgan fingerprint density at radius 1 is 1.16 bits per heavy atom.